The van der Waals surface area contributed by atoms with Gasteiger partial charge in [-0.3, -0.25) is 9.48 Å². The molecule has 1 saturated heterocycles. The molecule has 1 aromatic carbocycles. The predicted molar refractivity (Wildman–Crippen MR) is 124 cm³/mol. The lowest BCUT2D eigenvalue weighted by Gasteiger charge is -2.30. The second kappa shape index (κ2) is 8.55. The van der Waals surface area contributed by atoms with E-state index < -0.39 is 10.0 Å². The van der Waals surface area contributed by atoms with Crippen molar-refractivity contribution in [2.75, 3.05) is 18.4 Å². The number of benzene rings is 1. The molecule has 32 heavy (non-hydrogen) atoms. The van der Waals surface area contributed by atoms with Gasteiger partial charge in [-0.2, -0.15) is 9.40 Å². The maximum Gasteiger partial charge on any atom is 0.261 e. The van der Waals surface area contributed by atoms with Gasteiger partial charge < -0.3 is 9.88 Å². The van der Waals surface area contributed by atoms with Gasteiger partial charge in [-0.15, -0.1) is 0 Å². The third kappa shape index (κ3) is 4.10. The summed E-state index contributed by atoms with van der Waals surface area (Å²) in [7, 11) is -1.73. The van der Waals surface area contributed by atoms with Gasteiger partial charge in [0.1, 0.15) is 11.4 Å². The number of hydrogen-bond acceptors (Lipinski definition) is 4. The predicted octanol–water partition coefficient (Wildman–Crippen LogP) is 3.50. The van der Waals surface area contributed by atoms with E-state index in [0.717, 1.165) is 24.2 Å². The summed E-state index contributed by atoms with van der Waals surface area (Å²) < 4.78 is 31.1. The largest absolute Gasteiger partial charge is 0.322 e. The number of amides is 1. The first-order chi connectivity index (χ1) is 15.2. The molecule has 1 fully saturated rings. The van der Waals surface area contributed by atoms with Crippen LogP contribution in [0.3, 0.4) is 0 Å². The molecule has 0 aliphatic carbocycles. The van der Waals surface area contributed by atoms with Gasteiger partial charge in [-0.25, -0.2) is 8.42 Å². The van der Waals surface area contributed by atoms with Gasteiger partial charge in [0, 0.05) is 37.2 Å². The zero-order valence-corrected chi connectivity index (χ0v) is 19.7. The van der Waals surface area contributed by atoms with E-state index in [4.69, 9.17) is 0 Å². The number of sulfonamides is 1. The van der Waals surface area contributed by atoms with Gasteiger partial charge in [0.05, 0.1) is 11.1 Å². The number of nitrogens with one attached hydrogen (secondary N) is 1. The van der Waals surface area contributed by atoms with Crippen molar-refractivity contribution in [3.63, 3.8) is 0 Å². The lowest BCUT2D eigenvalue weighted by molar-refractivity contribution is 0.102. The summed E-state index contributed by atoms with van der Waals surface area (Å²) in [5.74, 6) is 0.736. The highest BCUT2D eigenvalue weighted by molar-refractivity contribution is 7.89. The molecule has 1 aliphatic heterocycles. The first-order valence-corrected chi connectivity index (χ1v) is 12.2. The van der Waals surface area contributed by atoms with E-state index in [1.165, 1.54) is 0 Å². The number of rotatable bonds is 5. The Morgan fingerprint density at radius 3 is 2.38 bits per heavy atom. The van der Waals surface area contributed by atoms with Crippen LogP contribution in [0.1, 0.15) is 41.5 Å². The fourth-order valence-corrected chi connectivity index (χ4v) is 5.88. The van der Waals surface area contributed by atoms with Crippen molar-refractivity contribution in [3.8, 4) is 5.82 Å². The smallest absolute Gasteiger partial charge is 0.261 e. The summed E-state index contributed by atoms with van der Waals surface area (Å²) in [6.45, 7) is 7.12. The Hall–Kier alpha value is -2.91. The lowest BCUT2D eigenvalue weighted by Crippen LogP contribution is -2.39. The zero-order chi connectivity index (χ0) is 23.0. The Labute approximate surface area is 188 Å². The minimum Gasteiger partial charge on any atom is -0.322 e. The highest BCUT2D eigenvalue weighted by Crippen LogP contribution is 2.25. The number of carbonyl (C=O) groups is 1. The van der Waals surface area contributed by atoms with Crippen molar-refractivity contribution in [2.24, 2.45) is 13.0 Å². The molecule has 0 saturated carbocycles. The molecule has 1 aliphatic rings. The van der Waals surface area contributed by atoms with E-state index in [1.807, 2.05) is 30.5 Å². The Bertz CT molecular complexity index is 1220. The number of anilines is 1. The molecule has 1 atom stereocenters. The number of piperidine rings is 1. The minimum absolute atomic E-state index is 0.241. The summed E-state index contributed by atoms with van der Waals surface area (Å²) in [5.41, 5.74) is 2.97. The SMILES string of the molecule is Cc1ccc(C)n1-c1c(C(=O)Nc2ccc(S(=O)(=O)N3CCCC(C)C3)cc2)cnn1C. The normalized spacial score (nSPS) is 17.4. The molecule has 1 unspecified atom stereocenters. The quantitative estimate of drug-likeness (QED) is 0.638. The number of carbonyl (C=O) groups excluding carboxylic acids is 1. The molecule has 1 N–H and O–H groups in total. The maximum atomic E-state index is 13.0. The maximum absolute atomic E-state index is 13.0. The molecular formula is C23H29N5O3S. The number of hydrogen-bond donors (Lipinski definition) is 1. The summed E-state index contributed by atoms with van der Waals surface area (Å²) in [6, 6.07) is 10.3. The molecule has 1 amide bonds. The molecule has 9 heteroatoms. The van der Waals surface area contributed by atoms with Crippen molar-refractivity contribution in [2.45, 2.75) is 38.5 Å². The van der Waals surface area contributed by atoms with Gasteiger partial charge in [-0.05, 0) is 69.0 Å². The molecule has 0 spiro atoms. The Balaban J connectivity index is 1.55. The molecule has 3 heterocycles. The Morgan fingerprint density at radius 1 is 1.09 bits per heavy atom. The van der Waals surface area contributed by atoms with Crippen LogP contribution in [0.2, 0.25) is 0 Å². The van der Waals surface area contributed by atoms with Crippen molar-refractivity contribution in [1.29, 1.82) is 0 Å². The monoisotopic (exact) mass is 455 g/mol. The first kappa shape index (κ1) is 22.3. The number of nitrogens with zero attached hydrogens (tertiary/aromatic N) is 4. The summed E-state index contributed by atoms with van der Waals surface area (Å²) in [5, 5.41) is 7.14. The average Bonchev–Trinajstić information content (AvgIpc) is 3.29. The number of aromatic nitrogens is 3. The molecule has 0 bridgehead atoms. The first-order valence-electron chi connectivity index (χ1n) is 10.8. The summed E-state index contributed by atoms with van der Waals surface area (Å²) in [6.07, 6.45) is 3.47. The molecule has 8 nitrogen and oxygen atoms in total. The van der Waals surface area contributed by atoms with Gasteiger partial charge in [0.15, 0.2) is 0 Å². The van der Waals surface area contributed by atoms with Crippen LogP contribution >= 0.6 is 0 Å². The van der Waals surface area contributed by atoms with E-state index in [2.05, 4.69) is 17.3 Å². The van der Waals surface area contributed by atoms with Crippen LogP contribution in [0.5, 0.6) is 0 Å². The molecule has 3 aromatic rings. The molecule has 0 radical (unpaired) electrons. The molecule has 2 aromatic heterocycles. The van der Waals surface area contributed by atoms with Crippen molar-refractivity contribution < 1.29 is 13.2 Å². The fraction of sp³-hybridized carbons (Fsp3) is 0.391. The zero-order valence-electron chi connectivity index (χ0n) is 18.9. The second-order valence-corrected chi connectivity index (χ2v) is 10.5. The Kier molecular flexibility index (Phi) is 5.96. The van der Waals surface area contributed by atoms with Crippen LogP contribution in [0, 0.1) is 19.8 Å². The molecular weight excluding hydrogens is 426 g/mol. The fourth-order valence-electron chi connectivity index (χ4n) is 4.28. The van der Waals surface area contributed by atoms with Gasteiger partial charge in [0.2, 0.25) is 10.0 Å². The van der Waals surface area contributed by atoms with Gasteiger partial charge >= 0.3 is 0 Å². The van der Waals surface area contributed by atoms with Crippen LogP contribution < -0.4 is 5.32 Å². The van der Waals surface area contributed by atoms with Gasteiger partial charge in [0.25, 0.3) is 5.91 Å². The van der Waals surface area contributed by atoms with Gasteiger partial charge in [-0.1, -0.05) is 6.92 Å². The van der Waals surface area contributed by atoms with Crippen molar-refractivity contribution in [3.05, 3.63) is 59.5 Å². The standard InChI is InChI=1S/C23H29N5O3S/c1-16-6-5-13-27(15-16)32(30,31)20-11-9-19(10-12-20)25-22(29)21-14-24-26(4)23(21)28-17(2)7-8-18(28)3/h7-12,14,16H,5-6,13,15H2,1-4H3,(H,25,29). The second-order valence-electron chi connectivity index (χ2n) is 8.55. The molecule has 170 valence electrons. The Morgan fingerprint density at radius 2 is 1.75 bits per heavy atom. The van der Waals surface area contributed by atoms with E-state index in [-0.39, 0.29) is 10.8 Å². The van der Waals surface area contributed by atoms with Crippen LogP contribution in [0.15, 0.2) is 47.5 Å². The topological polar surface area (TPSA) is 89.2 Å². The van der Waals surface area contributed by atoms with E-state index >= 15 is 0 Å². The van der Waals surface area contributed by atoms with E-state index in [9.17, 15) is 13.2 Å². The third-order valence-electron chi connectivity index (χ3n) is 6.00. The van der Waals surface area contributed by atoms with Crippen molar-refractivity contribution >= 4 is 21.6 Å². The lowest BCUT2D eigenvalue weighted by atomic mass is 10.0. The highest BCUT2D eigenvalue weighted by atomic mass is 32.2. The third-order valence-corrected chi connectivity index (χ3v) is 7.88. The molecule has 4 rings (SSSR count). The average molecular weight is 456 g/mol. The van der Waals surface area contributed by atoms with Crippen LogP contribution in [-0.2, 0) is 17.1 Å². The van der Waals surface area contributed by atoms with Crippen LogP contribution in [0.25, 0.3) is 5.82 Å². The van der Waals surface area contributed by atoms with E-state index in [1.54, 1.807) is 46.5 Å². The van der Waals surface area contributed by atoms with Crippen LogP contribution in [-0.4, -0.2) is 46.1 Å². The minimum atomic E-state index is -3.53. The van der Waals surface area contributed by atoms with E-state index in [0.29, 0.717) is 36.1 Å². The van der Waals surface area contributed by atoms with Crippen molar-refractivity contribution in [1.82, 2.24) is 18.7 Å². The highest BCUT2D eigenvalue weighted by Gasteiger charge is 2.28. The number of aryl methyl sites for hydroxylation is 3. The summed E-state index contributed by atoms with van der Waals surface area (Å²) >= 11 is 0. The summed E-state index contributed by atoms with van der Waals surface area (Å²) in [4.78, 5) is 13.3. The van der Waals surface area contributed by atoms with Crippen LogP contribution in [0.4, 0.5) is 5.69 Å².